The number of Topliss-reactive ketones (excluding diaryl/α,β-unsaturated/α-hetero) is 1. The van der Waals surface area contributed by atoms with E-state index in [-0.39, 0.29) is 6.61 Å². The summed E-state index contributed by atoms with van der Waals surface area (Å²) in [6.07, 6.45) is 2.76. The first-order valence-corrected chi connectivity index (χ1v) is 3.96. The monoisotopic (exact) mass is 140 g/mol. The highest BCUT2D eigenvalue weighted by atomic mass is 16.3. The second-order valence-electron chi connectivity index (χ2n) is 3.45. The summed E-state index contributed by atoms with van der Waals surface area (Å²) in [5.74, 6) is 1.79. The molecule has 2 saturated carbocycles. The minimum atomic E-state index is 0.286. The number of carbonyl (C=O) groups is 1. The molecule has 1 N–H and O–H groups in total. The molecule has 2 heteroatoms. The molecule has 0 unspecified atom stereocenters. The van der Waals surface area contributed by atoms with Gasteiger partial charge in [0.05, 0.1) is 0 Å². The predicted molar refractivity (Wildman–Crippen MR) is 36.4 cm³/mol. The fraction of sp³-hybridized carbons (Fsp3) is 0.875. The van der Waals surface area contributed by atoms with Crippen LogP contribution in [-0.2, 0) is 4.79 Å². The minimum absolute atomic E-state index is 0.286. The zero-order valence-electron chi connectivity index (χ0n) is 5.92. The number of hydrogen-bond acceptors (Lipinski definition) is 2. The van der Waals surface area contributed by atoms with Crippen LogP contribution in [0.5, 0.6) is 0 Å². The molecule has 0 spiro atoms. The van der Waals surface area contributed by atoms with E-state index in [0.29, 0.717) is 23.5 Å². The molecule has 2 aliphatic carbocycles. The van der Waals surface area contributed by atoms with Gasteiger partial charge in [-0.25, -0.2) is 0 Å². The van der Waals surface area contributed by atoms with Crippen molar-refractivity contribution in [1.82, 2.24) is 0 Å². The van der Waals surface area contributed by atoms with Crippen molar-refractivity contribution in [3.8, 4) is 0 Å². The van der Waals surface area contributed by atoms with E-state index in [2.05, 4.69) is 0 Å². The van der Waals surface area contributed by atoms with Crippen molar-refractivity contribution < 1.29 is 9.90 Å². The Balaban J connectivity index is 2.02. The van der Waals surface area contributed by atoms with Crippen molar-refractivity contribution >= 4 is 5.78 Å². The Morgan fingerprint density at radius 1 is 1.60 bits per heavy atom. The number of ketones is 1. The maximum atomic E-state index is 11.0. The van der Waals surface area contributed by atoms with Gasteiger partial charge in [0.25, 0.3) is 0 Å². The van der Waals surface area contributed by atoms with Crippen LogP contribution in [0.3, 0.4) is 0 Å². The average Bonchev–Trinajstić information content (AvgIpc) is 2.10. The Hall–Kier alpha value is -0.370. The molecule has 0 saturated heterocycles. The van der Waals surface area contributed by atoms with Gasteiger partial charge in [-0.2, -0.15) is 0 Å². The van der Waals surface area contributed by atoms with Crippen molar-refractivity contribution in [3.05, 3.63) is 0 Å². The Bertz CT molecular complexity index is 165. The fourth-order valence-electron chi connectivity index (χ4n) is 2.32. The Labute approximate surface area is 60.2 Å². The van der Waals surface area contributed by atoms with Gasteiger partial charge in [0.1, 0.15) is 5.78 Å². The van der Waals surface area contributed by atoms with Crippen LogP contribution in [0.25, 0.3) is 0 Å². The predicted octanol–water partition coefficient (Wildman–Crippen LogP) is 0.594. The van der Waals surface area contributed by atoms with Gasteiger partial charge in [-0.1, -0.05) is 0 Å². The van der Waals surface area contributed by atoms with E-state index in [1.807, 2.05) is 0 Å². The normalized spacial score (nSPS) is 44.9. The lowest BCUT2D eigenvalue weighted by Gasteiger charge is -2.37. The van der Waals surface area contributed by atoms with Crippen molar-refractivity contribution in [2.45, 2.75) is 19.3 Å². The Morgan fingerprint density at radius 3 is 3.00 bits per heavy atom. The lowest BCUT2D eigenvalue weighted by atomic mass is 9.67. The highest BCUT2D eigenvalue weighted by Crippen LogP contribution is 2.48. The molecule has 10 heavy (non-hydrogen) atoms. The van der Waals surface area contributed by atoms with Gasteiger partial charge in [-0.15, -0.1) is 0 Å². The number of aliphatic hydroxyl groups is 1. The van der Waals surface area contributed by atoms with Crippen LogP contribution in [0, 0.1) is 17.8 Å². The molecule has 2 fully saturated rings. The first-order chi connectivity index (χ1) is 4.83. The van der Waals surface area contributed by atoms with Crippen LogP contribution < -0.4 is 0 Å². The summed E-state index contributed by atoms with van der Waals surface area (Å²) in [5.41, 5.74) is 0. The standard InChI is InChI=1S/C8H12O2/c9-4-5-3-7-6(5)1-2-8(7)10/h5-7,9H,1-4H2/t5-,6+,7-/m0/s1. The van der Waals surface area contributed by atoms with E-state index in [1.54, 1.807) is 0 Å². The third-order valence-corrected chi connectivity index (χ3v) is 3.05. The minimum Gasteiger partial charge on any atom is -0.396 e. The molecular weight excluding hydrogens is 128 g/mol. The zero-order valence-corrected chi connectivity index (χ0v) is 5.92. The number of rotatable bonds is 1. The van der Waals surface area contributed by atoms with Gasteiger partial charge in [0.2, 0.25) is 0 Å². The van der Waals surface area contributed by atoms with Crippen molar-refractivity contribution in [2.75, 3.05) is 6.61 Å². The maximum absolute atomic E-state index is 11.0. The third kappa shape index (κ3) is 0.655. The van der Waals surface area contributed by atoms with Crippen LogP contribution in [-0.4, -0.2) is 17.5 Å². The van der Waals surface area contributed by atoms with Crippen LogP contribution >= 0.6 is 0 Å². The second kappa shape index (κ2) is 2.06. The molecular formula is C8H12O2. The molecule has 0 amide bonds. The summed E-state index contributed by atoms with van der Waals surface area (Å²) in [5, 5.41) is 8.81. The summed E-state index contributed by atoms with van der Waals surface area (Å²) in [7, 11) is 0. The topological polar surface area (TPSA) is 37.3 Å². The molecule has 2 nitrogen and oxygen atoms in total. The van der Waals surface area contributed by atoms with E-state index in [9.17, 15) is 4.79 Å². The number of hydrogen-bond donors (Lipinski definition) is 1. The number of fused-ring (bicyclic) bond motifs is 1. The average molecular weight is 140 g/mol. The third-order valence-electron chi connectivity index (χ3n) is 3.05. The number of aliphatic hydroxyl groups excluding tert-OH is 1. The summed E-state index contributed by atoms with van der Waals surface area (Å²) in [4.78, 5) is 11.0. The summed E-state index contributed by atoms with van der Waals surface area (Å²) < 4.78 is 0. The van der Waals surface area contributed by atoms with Gasteiger partial charge in [-0.3, -0.25) is 4.79 Å². The SMILES string of the molecule is O=C1CC[C@@H]2[C@H](CO)C[C@H]12. The molecule has 56 valence electrons. The Kier molecular flexibility index (Phi) is 1.31. The zero-order chi connectivity index (χ0) is 7.14. The highest BCUT2D eigenvalue weighted by molar-refractivity contribution is 5.84. The largest absolute Gasteiger partial charge is 0.396 e. The summed E-state index contributed by atoms with van der Waals surface area (Å²) in [6, 6.07) is 0. The van der Waals surface area contributed by atoms with Gasteiger partial charge >= 0.3 is 0 Å². The van der Waals surface area contributed by atoms with Crippen molar-refractivity contribution in [1.29, 1.82) is 0 Å². The fourth-order valence-corrected chi connectivity index (χ4v) is 2.32. The van der Waals surface area contributed by atoms with Gasteiger partial charge in [0.15, 0.2) is 0 Å². The lowest BCUT2D eigenvalue weighted by molar-refractivity contribution is -0.125. The Morgan fingerprint density at radius 2 is 2.40 bits per heavy atom. The van der Waals surface area contributed by atoms with Crippen molar-refractivity contribution in [3.63, 3.8) is 0 Å². The van der Waals surface area contributed by atoms with Crippen LogP contribution in [0.1, 0.15) is 19.3 Å². The van der Waals surface area contributed by atoms with Gasteiger partial charge < -0.3 is 5.11 Å². The molecule has 0 aromatic heterocycles. The molecule has 0 bridgehead atoms. The van der Waals surface area contributed by atoms with E-state index >= 15 is 0 Å². The molecule has 0 aromatic rings. The molecule has 2 aliphatic rings. The molecule has 0 radical (unpaired) electrons. The number of carbonyl (C=O) groups excluding carboxylic acids is 1. The van der Waals surface area contributed by atoms with Gasteiger partial charge in [0, 0.05) is 18.9 Å². The molecule has 0 aliphatic heterocycles. The van der Waals surface area contributed by atoms with Gasteiger partial charge in [-0.05, 0) is 24.7 Å². The van der Waals surface area contributed by atoms with Crippen LogP contribution in [0.2, 0.25) is 0 Å². The van der Waals surface area contributed by atoms with Crippen molar-refractivity contribution in [2.24, 2.45) is 17.8 Å². The van der Waals surface area contributed by atoms with E-state index in [0.717, 1.165) is 19.3 Å². The summed E-state index contributed by atoms with van der Waals surface area (Å²) >= 11 is 0. The molecule has 2 rings (SSSR count). The maximum Gasteiger partial charge on any atom is 0.136 e. The highest BCUT2D eigenvalue weighted by Gasteiger charge is 2.47. The lowest BCUT2D eigenvalue weighted by Crippen LogP contribution is -2.37. The first kappa shape index (κ1) is 6.35. The quantitative estimate of drug-likeness (QED) is 0.579. The van der Waals surface area contributed by atoms with Crippen LogP contribution in [0.15, 0.2) is 0 Å². The smallest absolute Gasteiger partial charge is 0.136 e. The van der Waals surface area contributed by atoms with Crippen LogP contribution in [0.4, 0.5) is 0 Å². The van der Waals surface area contributed by atoms with E-state index in [4.69, 9.17) is 5.11 Å². The summed E-state index contributed by atoms with van der Waals surface area (Å²) in [6.45, 7) is 0.286. The first-order valence-electron chi connectivity index (χ1n) is 3.96. The second-order valence-corrected chi connectivity index (χ2v) is 3.45. The van der Waals surface area contributed by atoms with E-state index < -0.39 is 0 Å². The molecule has 0 aromatic carbocycles. The van der Waals surface area contributed by atoms with E-state index in [1.165, 1.54) is 0 Å². The molecule has 3 atom stereocenters. The molecule has 0 heterocycles.